The number of rotatable bonds is 10. The van der Waals surface area contributed by atoms with E-state index in [4.69, 9.17) is 9.47 Å². The smallest absolute Gasteiger partial charge is 0.410 e. The minimum Gasteiger partial charge on any atom is -0.593 e. The third kappa shape index (κ3) is 10.4. The van der Waals surface area contributed by atoms with Crippen molar-refractivity contribution in [3.8, 4) is 5.88 Å². The van der Waals surface area contributed by atoms with Crippen LogP contribution >= 0.6 is 15.9 Å². The average Bonchev–Trinajstić information content (AvgIpc) is 2.56. The van der Waals surface area contributed by atoms with E-state index in [2.05, 4.69) is 25.6 Å². The molecule has 1 rings (SSSR count). The third-order valence-electron chi connectivity index (χ3n) is 3.59. The fourth-order valence-corrected chi connectivity index (χ4v) is 3.53. The Morgan fingerprint density at radius 1 is 1.34 bits per heavy atom. The summed E-state index contributed by atoms with van der Waals surface area (Å²) >= 11 is 2.10. The normalized spacial score (nSPS) is 12.8. The quantitative estimate of drug-likeness (QED) is 0.499. The molecule has 0 fully saturated rings. The van der Waals surface area contributed by atoms with Gasteiger partial charge < -0.3 is 23.8 Å². The van der Waals surface area contributed by atoms with Crippen LogP contribution in [0.4, 0.5) is 10.5 Å². The first-order chi connectivity index (χ1) is 13.4. The Balaban J connectivity index is 2.73. The highest BCUT2D eigenvalue weighted by Crippen LogP contribution is 2.26. The molecule has 8 nitrogen and oxygen atoms in total. The van der Waals surface area contributed by atoms with Crippen molar-refractivity contribution in [1.29, 1.82) is 0 Å². The van der Waals surface area contributed by atoms with Crippen LogP contribution in [0.15, 0.2) is 16.7 Å². The van der Waals surface area contributed by atoms with E-state index in [0.29, 0.717) is 30.4 Å². The van der Waals surface area contributed by atoms with Gasteiger partial charge in [0, 0.05) is 23.3 Å². The molecule has 1 amide bonds. The third-order valence-corrected chi connectivity index (χ3v) is 5.02. The fraction of sp³-hybridized carbons (Fsp3) is 0.684. The van der Waals surface area contributed by atoms with Crippen molar-refractivity contribution in [3.63, 3.8) is 0 Å². The second kappa shape index (κ2) is 11.8. The first kappa shape index (κ1) is 25.8. The molecule has 1 N–H and O–H groups in total. The first-order valence-corrected chi connectivity index (χ1v) is 11.6. The topological polar surface area (TPSA) is 90.0 Å². The number of carbonyl (C=O) groups excluding carboxylic acids is 1. The summed E-state index contributed by atoms with van der Waals surface area (Å²) in [5.41, 5.74) is -0.0312. The van der Waals surface area contributed by atoms with Gasteiger partial charge in [-0.2, -0.15) is 0 Å². The molecule has 1 aromatic rings. The molecule has 1 unspecified atom stereocenters. The van der Waals surface area contributed by atoms with E-state index in [1.165, 1.54) is 0 Å². The van der Waals surface area contributed by atoms with Crippen molar-refractivity contribution in [2.45, 2.75) is 46.3 Å². The second-order valence-electron chi connectivity index (χ2n) is 8.08. The molecule has 1 atom stereocenters. The molecule has 0 radical (unpaired) electrons. The Hall–Kier alpha value is -1.23. The second-order valence-corrected chi connectivity index (χ2v) is 10.3. The molecule has 0 spiro atoms. The minimum absolute atomic E-state index is 0.0394. The van der Waals surface area contributed by atoms with Crippen molar-refractivity contribution in [2.24, 2.45) is 0 Å². The zero-order chi connectivity index (χ0) is 22.2. The largest absolute Gasteiger partial charge is 0.593 e. The van der Waals surface area contributed by atoms with Gasteiger partial charge in [0.2, 0.25) is 5.88 Å². The van der Waals surface area contributed by atoms with Gasteiger partial charge in [0.25, 0.3) is 0 Å². The van der Waals surface area contributed by atoms with E-state index in [-0.39, 0.29) is 18.7 Å². The molecule has 10 heteroatoms. The van der Waals surface area contributed by atoms with Crippen LogP contribution < -0.4 is 9.46 Å². The molecule has 0 aliphatic rings. The molecular formula is C19H33BrN4O4S. The number of amides is 1. The Labute approximate surface area is 185 Å². The van der Waals surface area contributed by atoms with Crippen molar-refractivity contribution in [2.75, 3.05) is 44.3 Å². The van der Waals surface area contributed by atoms with Gasteiger partial charge in [0.05, 0.1) is 17.9 Å². The van der Waals surface area contributed by atoms with E-state index in [1.807, 2.05) is 53.6 Å². The van der Waals surface area contributed by atoms with Gasteiger partial charge in [-0.1, -0.05) is 0 Å². The van der Waals surface area contributed by atoms with Crippen LogP contribution in [0.25, 0.3) is 0 Å². The number of anilines is 1. The highest BCUT2D eigenvalue weighted by molar-refractivity contribution is 9.10. The van der Waals surface area contributed by atoms with Crippen LogP contribution in [0.1, 0.15) is 34.6 Å². The number of ether oxygens (including phenoxy) is 2. The van der Waals surface area contributed by atoms with Gasteiger partial charge in [0.15, 0.2) is 0 Å². The van der Waals surface area contributed by atoms with Gasteiger partial charge in [-0.15, -0.1) is 0 Å². The minimum atomic E-state index is -1.27. The van der Waals surface area contributed by atoms with Crippen LogP contribution in [0, 0.1) is 0 Å². The molecule has 166 valence electrons. The fourth-order valence-electron chi connectivity index (χ4n) is 2.18. The average molecular weight is 493 g/mol. The van der Waals surface area contributed by atoms with Gasteiger partial charge in [-0.3, -0.25) is 0 Å². The molecule has 0 aliphatic heterocycles. The molecule has 0 aromatic carbocycles. The Morgan fingerprint density at radius 2 is 2.00 bits per heavy atom. The van der Waals surface area contributed by atoms with E-state index >= 15 is 0 Å². The van der Waals surface area contributed by atoms with Gasteiger partial charge in [-0.25, -0.2) is 14.5 Å². The lowest BCUT2D eigenvalue weighted by molar-refractivity contribution is 0.0163. The monoisotopic (exact) mass is 492 g/mol. The molecule has 0 bridgehead atoms. The number of pyridine rings is 1. The van der Waals surface area contributed by atoms with E-state index in [1.54, 1.807) is 17.2 Å². The maximum Gasteiger partial charge on any atom is 0.410 e. The maximum atomic E-state index is 12.4. The van der Waals surface area contributed by atoms with Crippen LogP contribution in [-0.4, -0.2) is 76.6 Å². The summed E-state index contributed by atoms with van der Waals surface area (Å²) in [6, 6.07) is 1.73. The Bertz CT molecular complexity index is 656. The van der Waals surface area contributed by atoms with Crippen LogP contribution in [0.5, 0.6) is 5.88 Å². The SMILES string of the molecule is CC(C)N(CCOc1ncc(Br)cc1N[S+]([O-])CCN(C)C)C(=O)OC(C)(C)C. The van der Waals surface area contributed by atoms with Crippen LogP contribution in [0.2, 0.25) is 0 Å². The number of carbonyl (C=O) groups is 1. The summed E-state index contributed by atoms with van der Waals surface area (Å²) in [7, 11) is 3.86. The summed E-state index contributed by atoms with van der Waals surface area (Å²) in [5.74, 6) is 0.804. The lowest BCUT2D eigenvalue weighted by Gasteiger charge is -2.30. The zero-order valence-corrected chi connectivity index (χ0v) is 20.7. The highest BCUT2D eigenvalue weighted by Gasteiger charge is 2.24. The number of halogens is 1. The lowest BCUT2D eigenvalue weighted by atomic mass is 10.2. The summed E-state index contributed by atoms with van der Waals surface area (Å²) < 4.78 is 27.2. The van der Waals surface area contributed by atoms with Crippen molar-refractivity contribution in [3.05, 3.63) is 16.7 Å². The van der Waals surface area contributed by atoms with Crippen LogP contribution in [-0.2, 0) is 16.1 Å². The predicted octanol–water partition coefficient (Wildman–Crippen LogP) is 3.51. The van der Waals surface area contributed by atoms with E-state index in [0.717, 1.165) is 4.47 Å². The van der Waals surface area contributed by atoms with Crippen molar-refractivity contribution >= 4 is 39.1 Å². The molecule has 1 aromatic heterocycles. The van der Waals surface area contributed by atoms with Gasteiger partial charge >= 0.3 is 6.09 Å². The maximum absolute atomic E-state index is 12.4. The lowest BCUT2D eigenvalue weighted by Crippen LogP contribution is -2.43. The van der Waals surface area contributed by atoms with E-state index in [9.17, 15) is 9.35 Å². The predicted molar refractivity (Wildman–Crippen MR) is 121 cm³/mol. The summed E-state index contributed by atoms with van der Waals surface area (Å²) in [6.45, 7) is 10.6. The van der Waals surface area contributed by atoms with E-state index < -0.39 is 17.0 Å². The molecule has 1 heterocycles. The summed E-state index contributed by atoms with van der Waals surface area (Å²) in [5, 5.41) is 0. The van der Waals surface area contributed by atoms with Crippen LogP contribution in [0.3, 0.4) is 0 Å². The molecule has 0 saturated heterocycles. The number of hydrogen-bond donors (Lipinski definition) is 1. The number of aromatic nitrogens is 1. The Morgan fingerprint density at radius 3 is 2.55 bits per heavy atom. The number of nitrogens with one attached hydrogen (secondary N) is 1. The standard InChI is InChI=1S/C19H33BrN4O4S/c1-14(2)24(18(25)28-19(3,4)5)8-10-27-17-16(12-15(20)13-21-17)22-29(26)11-9-23(6)7/h12-14,22H,8-11H2,1-7H3. The number of nitrogens with zero attached hydrogens (tertiary/aromatic N) is 3. The zero-order valence-electron chi connectivity index (χ0n) is 18.3. The van der Waals surface area contributed by atoms with Gasteiger partial charge in [-0.05, 0) is 70.7 Å². The summed E-state index contributed by atoms with van der Waals surface area (Å²) in [4.78, 5) is 20.2. The first-order valence-electron chi connectivity index (χ1n) is 9.46. The molecule has 0 saturated carbocycles. The molecule has 0 aliphatic carbocycles. The Kier molecular flexibility index (Phi) is 10.5. The molecule has 29 heavy (non-hydrogen) atoms. The van der Waals surface area contributed by atoms with Crippen molar-refractivity contribution < 1.29 is 18.8 Å². The van der Waals surface area contributed by atoms with Crippen molar-refractivity contribution in [1.82, 2.24) is 14.8 Å². The number of hydrogen-bond acceptors (Lipinski definition) is 7. The summed E-state index contributed by atoms with van der Waals surface area (Å²) in [6.07, 6.45) is 1.22. The van der Waals surface area contributed by atoms with Gasteiger partial charge in [0.1, 0.15) is 23.6 Å². The highest BCUT2D eigenvalue weighted by atomic mass is 79.9. The molecular weight excluding hydrogens is 460 g/mol.